The Balaban J connectivity index is 1.72. The van der Waals surface area contributed by atoms with Gasteiger partial charge in [0.2, 0.25) is 10.0 Å². The largest absolute Gasteiger partial charge is 0.481 e. The van der Waals surface area contributed by atoms with Gasteiger partial charge in [-0.2, -0.15) is 0 Å². The Morgan fingerprint density at radius 2 is 2.09 bits per heavy atom. The summed E-state index contributed by atoms with van der Waals surface area (Å²) < 4.78 is 31.9. The zero-order chi connectivity index (χ0) is 16.5. The van der Waals surface area contributed by atoms with Crippen LogP contribution in [-0.2, 0) is 26.0 Å². The van der Waals surface area contributed by atoms with Gasteiger partial charge in [-0.1, -0.05) is 30.3 Å². The Bertz CT molecular complexity index is 675. The van der Waals surface area contributed by atoms with E-state index in [0.29, 0.717) is 19.4 Å². The summed E-state index contributed by atoms with van der Waals surface area (Å²) in [7, 11) is -3.47. The van der Waals surface area contributed by atoms with Crippen LogP contribution in [0.3, 0.4) is 0 Å². The van der Waals surface area contributed by atoms with E-state index in [9.17, 15) is 18.3 Å². The number of sulfonamides is 1. The predicted octanol–water partition coefficient (Wildman–Crippen LogP) is 0.982. The highest BCUT2D eigenvalue weighted by molar-refractivity contribution is 7.89. The summed E-state index contributed by atoms with van der Waals surface area (Å²) in [5.74, 6) is -1.12. The summed E-state index contributed by atoms with van der Waals surface area (Å²) in [5.41, 5.74) is -0.123. The van der Waals surface area contributed by atoms with Crippen molar-refractivity contribution in [1.82, 2.24) is 4.31 Å². The van der Waals surface area contributed by atoms with Crippen LogP contribution in [0.15, 0.2) is 30.3 Å². The van der Waals surface area contributed by atoms with Gasteiger partial charge < -0.3 is 9.84 Å². The number of aliphatic carboxylic acids is 1. The van der Waals surface area contributed by atoms with Crippen LogP contribution in [0, 0.1) is 11.3 Å². The fourth-order valence-corrected chi connectivity index (χ4v) is 5.06. The molecule has 1 aromatic carbocycles. The molecular weight excluding hydrogens is 318 g/mol. The molecule has 0 aliphatic carbocycles. The SMILES string of the molecule is O=C(O)[C@@]12COCC[C@@H]1CN(S(=O)(=O)CCc1ccccc1)C2. The number of hydrogen-bond acceptors (Lipinski definition) is 4. The Kier molecular flexibility index (Phi) is 4.44. The molecule has 0 radical (unpaired) electrons. The number of hydrogen-bond donors (Lipinski definition) is 1. The number of carboxylic acid groups (broad SMARTS) is 1. The Morgan fingerprint density at radius 1 is 1.35 bits per heavy atom. The maximum Gasteiger partial charge on any atom is 0.313 e. The fraction of sp³-hybridized carbons (Fsp3) is 0.562. The number of nitrogens with zero attached hydrogens (tertiary/aromatic N) is 1. The van der Waals surface area contributed by atoms with Crippen molar-refractivity contribution in [1.29, 1.82) is 0 Å². The molecule has 2 saturated heterocycles. The molecule has 2 heterocycles. The summed E-state index contributed by atoms with van der Waals surface area (Å²) in [6.45, 7) is 0.895. The highest BCUT2D eigenvalue weighted by Crippen LogP contribution is 2.42. The topological polar surface area (TPSA) is 83.9 Å². The summed E-state index contributed by atoms with van der Waals surface area (Å²) in [6, 6.07) is 9.43. The second-order valence-corrected chi connectivity index (χ2v) is 8.43. The zero-order valence-corrected chi connectivity index (χ0v) is 13.7. The molecule has 7 heteroatoms. The van der Waals surface area contributed by atoms with Crippen LogP contribution in [0.25, 0.3) is 0 Å². The van der Waals surface area contributed by atoms with Gasteiger partial charge in [-0.3, -0.25) is 4.79 Å². The first-order chi connectivity index (χ1) is 10.9. The minimum Gasteiger partial charge on any atom is -0.481 e. The van der Waals surface area contributed by atoms with E-state index in [1.807, 2.05) is 30.3 Å². The van der Waals surface area contributed by atoms with Crippen LogP contribution in [0.4, 0.5) is 0 Å². The molecule has 0 amide bonds. The number of benzene rings is 1. The van der Waals surface area contributed by atoms with Crippen LogP contribution in [0.2, 0.25) is 0 Å². The van der Waals surface area contributed by atoms with Crippen LogP contribution >= 0.6 is 0 Å². The molecule has 0 unspecified atom stereocenters. The van der Waals surface area contributed by atoms with E-state index in [1.165, 1.54) is 4.31 Å². The summed E-state index contributed by atoms with van der Waals surface area (Å²) >= 11 is 0. The second-order valence-electron chi connectivity index (χ2n) is 6.34. The second kappa shape index (κ2) is 6.22. The molecule has 0 bridgehead atoms. The fourth-order valence-electron chi connectivity index (χ4n) is 3.48. The molecule has 0 spiro atoms. The van der Waals surface area contributed by atoms with Crippen molar-refractivity contribution in [3.8, 4) is 0 Å². The van der Waals surface area contributed by atoms with Gasteiger partial charge in [0.05, 0.1) is 12.4 Å². The molecule has 0 aromatic heterocycles. The van der Waals surface area contributed by atoms with Gasteiger partial charge in [0.15, 0.2) is 0 Å². The van der Waals surface area contributed by atoms with E-state index in [-0.39, 0.29) is 31.4 Å². The Labute approximate surface area is 136 Å². The lowest BCUT2D eigenvalue weighted by atomic mass is 9.76. The molecule has 0 saturated carbocycles. The first-order valence-electron chi connectivity index (χ1n) is 7.77. The maximum atomic E-state index is 12.6. The van der Waals surface area contributed by atoms with Crippen LogP contribution in [0.5, 0.6) is 0 Å². The summed E-state index contributed by atoms with van der Waals surface area (Å²) in [5, 5.41) is 9.59. The van der Waals surface area contributed by atoms with Gasteiger partial charge in [-0.25, -0.2) is 12.7 Å². The van der Waals surface area contributed by atoms with Crippen molar-refractivity contribution in [3.63, 3.8) is 0 Å². The van der Waals surface area contributed by atoms with Crippen LogP contribution in [0.1, 0.15) is 12.0 Å². The van der Waals surface area contributed by atoms with Crippen molar-refractivity contribution in [2.75, 3.05) is 32.1 Å². The number of carboxylic acids is 1. The quantitative estimate of drug-likeness (QED) is 0.864. The standard InChI is InChI=1S/C16H21NO5S/c18-15(19)16-11-17(10-14(16)6-8-22-12-16)23(20,21)9-7-13-4-2-1-3-5-13/h1-5,14H,6-12H2,(H,18,19)/t14-,16+/m1/s1. The van der Waals surface area contributed by atoms with Crippen molar-refractivity contribution in [3.05, 3.63) is 35.9 Å². The molecule has 2 aliphatic heterocycles. The minimum atomic E-state index is -3.47. The molecule has 2 atom stereocenters. The summed E-state index contributed by atoms with van der Waals surface area (Å²) in [4.78, 5) is 11.7. The van der Waals surface area contributed by atoms with Gasteiger partial charge in [-0.15, -0.1) is 0 Å². The number of aryl methyl sites for hydroxylation is 1. The van der Waals surface area contributed by atoms with E-state index in [1.54, 1.807) is 0 Å². The molecule has 2 aliphatic rings. The number of rotatable bonds is 5. The summed E-state index contributed by atoms with van der Waals surface area (Å²) in [6.07, 6.45) is 1.03. The van der Waals surface area contributed by atoms with Gasteiger partial charge in [0, 0.05) is 19.7 Å². The number of fused-ring (bicyclic) bond motifs is 1. The molecule has 1 aromatic rings. The van der Waals surface area contributed by atoms with Gasteiger partial charge in [0.1, 0.15) is 5.41 Å². The van der Waals surface area contributed by atoms with Crippen LogP contribution in [-0.4, -0.2) is 55.9 Å². The molecule has 1 N–H and O–H groups in total. The first kappa shape index (κ1) is 16.4. The normalized spacial score (nSPS) is 28.4. The smallest absolute Gasteiger partial charge is 0.313 e. The third-order valence-corrected chi connectivity index (χ3v) is 6.73. The highest BCUT2D eigenvalue weighted by Gasteiger charge is 2.56. The third-order valence-electron chi connectivity index (χ3n) is 4.95. The first-order valence-corrected chi connectivity index (χ1v) is 9.38. The average Bonchev–Trinajstić information content (AvgIpc) is 2.96. The molecular formula is C16H21NO5S. The predicted molar refractivity (Wildman–Crippen MR) is 84.5 cm³/mol. The lowest BCUT2D eigenvalue weighted by Gasteiger charge is -2.34. The molecule has 126 valence electrons. The Hall–Kier alpha value is -1.44. The van der Waals surface area contributed by atoms with Gasteiger partial charge in [0.25, 0.3) is 0 Å². The van der Waals surface area contributed by atoms with E-state index >= 15 is 0 Å². The molecule has 6 nitrogen and oxygen atoms in total. The van der Waals surface area contributed by atoms with Crippen molar-refractivity contribution < 1.29 is 23.1 Å². The number of carbonyl (C=O) groups is 1. The molecule has 23 heavy (non-hydrogen) atoms. The third kappa shape index (κ3) is 3.13. The molecule has 2 fully saturated rings. The maximum absolute atomic E-state index is 12.6. The van der Waals surface area contributed by atoms with E-state index in [2.05, 4.69) is 0 Å². The lowest BCUT2D eigenvalue weighted by molar-refractivity contribution is -0.159. The average molecular weight is 339 g/mol. The highest BCUT2D eigenvalue weighted by atomic mass is 32.2. The van der Waals surface area contributed by atoms with Gasteiger partial charge in [-0.05, 0) is 24.3 Å². The van der Waals surface area contributed by atoms with E-state index in [0.717, 1.165) is 5.56 Å². The number of ether oxygens (including phenoxy) is 1. The zero-order valence-electron chi connectivity index (χ0n) is 12.8. The monoisotopic (exact) mass is 339 g/mol. The van der Waals surface area contributed by atoms with Crippen molar-refractivity contribution in [2.24, 2.45) is 11.3 Å². The van der Waals surface area contributed by atoms with Crippen molar-refractivity contribution in [2.45, 2.75) is 12.8 Å². The molecule has 3 rings (SSSR count). The lowest BCUT2D eigenvalue weighted by Crippen LogP contribution is -2.46. The minimum absolute atomic E-state index is 0.000287. The Morgan fingerprint density at radius 3 is 2.74 bits per heavy atom. The van der Waals surface area contributed by atoms with E-state index in [4.69, 9.17) is 4.74 Å². The van der Waals surface area contributed by atoms with Crippen molar-refractivity contribution >= 4 is 16.0 Å². The van der Waals surface area contributed by atoms with E-state index < -0.39 is 21.4 Å². The van der Waals surface area contributed by atoms with Crippen LogP contribution < -0.4 is 0 Å². The van der Waals surface area contributed by atoms with Gasteiger partial charge >= 0.3 is 5.97 Å².